The molecule has 1 aromatic heterocycles. The minimum Gasteiger partial charge on any atom is -0.238 e. The van der Waals surface area contributed by atoms with Crippen LogP contribution in [-0.4, -0.2) is 12.4 Å². The fourth-order valence-corrected chi connectivity index (χ4v) is 4.04. The van der Waals surface area contributed by atoms with Crippen molar-refractivity contribution in [3.8, 4) is 11.3 Å². The normalized spacial score (nSPS) is 11.5. The van der Waals surface area contributed by atoms with Gasteiger partial charge in [-0.25, -0.2) is 12.4 Å². The zero-order valence-corrected chi connectivity index (χ0v) is 13.3. The average molecular weight is 311 g/mol. The third kappa shape index (κ3) is 2.46. The summed E-state index contributed by atoms with van der Waals surface area (Å²) in [6.07, 6.45) is 0. The lowest BCUT2D eigenvalue weighted by atomic mass is 10.2. The largest absolute Gasteiger partial charge is 0.268 e. The summed E-state index contributed by atoms with van der Waals surface area (Å²) in [5.74, 6) is 0. The molecule has 0 spiro atoms. The summed E-state index contributed by atoms with van der Waals surface area (Å²) in [6.45, 7) is 3.74. The molecule has 0 radical (unpaired) electrons. The molecule has 3 rings (SSSR count). The number of nitrogens with zero attached hydrogens (tertiary/aromatic N) is 1. The van der Waals surface area contributed by atoms with Crippen LogP contribution in [0, 0.1) is 13.8 Å². The van der Waals surface area contributed by atoms with E-state index in [1.54, 1.807) is 19.1 Å². The molecule has 3 aromatic rings. The second-order valence-electron chi connectivity index (χ2n) is 5.31. The molecule has 0 fully saturated rings. The van der Waals surface area contributed by atoms with Crippen LogP contribution in [0.5, 0.6) is 0 Å². The Labute approximate surface area is 130 Å². The summed E-state index contributed by atoms with van der Waals surface area (Å²) in [4.78, 5) is 0.301. The molecule has 2 aromatic carbocycles. The Bertz CT molecular complexity index is 892. The van der Waals surface area contributed by atoms with Crippen molar-refractivity contribution in [1.82, 2.24) is 3.97 Å². The van der Waals surface area contributed by atoms with E-state index in [1.165, 1.54) is 3.97 Å². The summed E-state index contributed by atoms with van der Waals surface area (Å²) in [7, 11) is -3.61. The SMILES string of the molecule is Cc1ccc(S(=O)(=O)n2c(C)ccc2-c2ccccc2)cc1. The van der Waals surface area contributed by atoms with Crippen LogP contribution in [0.15, 0.2) is 71.6 Å². The molecular weight excluding hydrogens is 294 g/mol. The van der Waals surface area contributed by atoms with Crippen LogP contribution in [0.2, 0.25) is 0 Å². The van der Waals surface area contributed by atoms with E-state index in [0.29, 0.717) is 16.3 Å². The van der Waals surface area contributed by atoms with Gasteiger partial charge in [-0.2, -0.15) is 0 Å². The van der Waals surface area contributed by atoms with Crippen LogP contribution in [0.1, 0.15) is 11.3 Å². The number of rotatable bonds is 3. The van der Waals surface area contributed by atoms with E-state index in [0.717, 1.165) is 11.1 Å². The monoisotopic (exact) mass is 311 g/mol. The predicted octanol–water partition coefficient (Wildman–Crippen LogP) is 4.01. The van der Waals surface area contributed by atoms with Crippen LogP contribution < -0.4 is 0 Å². The lowest BCUT2D eigenvalue weighted by molar-refractivity contribution is 0.587. The summed E-state index contributed by atoms with van der Waals surface area (Å²) >= 11 is 0. The highest BCUT2D eigenvalue weighted by Gasteiger charge is 2.22. The van der Waals surface area contributed by atoms with Crippen LogP contribution in [-0.2, 0) is 10.0 Å². The van der Waals surface area contributed by atoms with Gasteiger partial charge in [0.25, 0.3) is 10.0 Å². The van der Waals surface area contributed by atoms with Gasteiger partial charge in [-0.15, -0.1) is 0 Å². The zero-order valence-electron chi connectivity index (χ0n) is 12.5. The average Bonchev–Trinajstić information content (AvgIpc) is 2.91. The lowest BCUT2D eigenvalue weighted by Gasteiger charge is -2.13. The molecule has 3 nitrogen and oxygen atoms in total. The Morgan fingerprint density at radius 3 is 2.05 bits per heavy atom. The first-order valence-corrected chi connectivity index (χ1v) is 8.50. The second kappa shape index (κ2) is 5.46. The van der Waals surface area contributed by atoms with Crippen molar-refractivity contribution < 1.29 is 8.42 Å². The number of aryl methyl sites for hydroxylation is 2. The molecule has 0 bridgehead atoms. The minimum absolute atomic E-state index is 0.301. The lowest BCUT2D eigenvalue weighted by Crippen LogP contribution is -2.15. The van der Waals surface area contributed by atoms with Crippen LogP contribution in [0.3, 0.4) is 0 Å². The highest BCUT2D eigenvalue weighted by molar-refractivity contribution is 7.90. The first-order valence-electron chi connectivity index (χ1n) is 7.06. The molecule has 0 saturated carbocycles. The highest BCUT2D eigenvalue weighted by Crippen LogP contribution is 2.27. The van der Waals surface area contributed by atoms with Gasteiger partial charge in [0, 0.05) is 5.69 Å². The molecule has 0 amide bonds. The molecular formula is C18H17NO2S. The summed E-state index contributed by atoms with van der Waals surface area (Å²) in [5, 5.41) is 0. The summed E-state index contributed by atoms with van der Waals surface area (Å²) < 4.78 is 27.4. The number of aromatic nitrogens is 1. The molecule has 22 heavy (non-hydrogen) atoms. The van der Waals surface area contributed by atoms with Crippen LogP contribution in [0.25, 0.3) is 11.3 Å². The fraction of sp³-hybridized carbons (Fsp3) is 0.111. The number of hydrogen-bond acceptors (Lipinski definition) is 2. The molecule has 4 heteroatoms. The smallest absolute Gasteiger partial charge is 0.238 e. The Morgan fingerprint density at radius 1 is 0.773 bits per heavy atom. The summed E-state index contributed by atoms with van der Waals surface area (Å²) in [5.41, 5.74) is 3.29. The Kier molecular flexibility index (Phi) is 3.62. The van der Waals surface area contributed by atoms with Gasteiger partial charge in [0.1, 0.15) is 0 Å². The Hall–Kier alpha value is -2.33. The van der Waals surface area contributed by atoms with E-state index >= 15 is 0 Å². The van der Waals surface area contributed by atoms with Crippen molar-refractivity contribution in [1.29, 1.82) is 0 Å². The van der Waals surface area contributed by atoms with Crippen molar-refractivity contribution in [2.45, 2.75) is 18.7 Å². The van der Waals surface area contributed by atoms with E-state index < -0.39 is 10.0 Å². The van der Waals surface area contributed by atoms with Gasteiger partial charge < -0.3 is 0 Å². The third-order valence-electron chi connectivity index (χ3n) is 3.65. The molecule has 0 aliphatic carbocycles. The first-order chi connectivity index (χ1) is 10.5. The van der Waals surface area contributed by atoms with Crippen molar-refractivity contribution in [2.75, 3.05) is 0 Å². The van der Waals surface area contributed by atoms with Gasteiger partial charge in [0.2, 0.25) is 0 Å². The molecule has 0 atom stereocenters. The van der Waals surface area contributed by atoms with Gasteiger partial charge in [0.15, 0.2) is 0 Å². The number of benzene rings is 2. The molecule has 112 valence electrons. The van der Waals surface area contributed by atoms with E-state index in [9.17, 15) is 8.42 Å². The maximum absolute atomic E-state index is 13.0. The maximum atomic E-state index is 13.0. The van der Waals surface area contributed by atoms with Crippen molar-refractivity contribution in [3.63, 3.8) is 0 Å². The summed E-state index contributed by atoms with van der Waals surface area (Å²) in [6, 6.07) is 20.1. The fourth-order valence-electron chi connectivity index (χ4n) is 2.48. The molecule has 0 N–H and O–H groups in total. The van der Waals surface area contributed by atoms with E-state index in [1.807, 2.05) is 61.5 Å². The zero-order chi connectivity index (χ0) is 15.7. The van der Waals surface area contributed by atoms with Gasteiger partial charge in [-0.1, -0.05) is 48.0 Å². The highest BCUT2D eigenvalue weighted by atomic mass is 32.2. The molecule has 0 saturated heterocycles. The van der Waals surface area contributed by atoms with Crippen molar-refractivity contribution in [3.05, 3.63) is 78.0 Å². The van der Waals surface area contributed by atoms with Gasteiger partial charge >= 0.3 is 0 Å². The standard InChI is InChI=1S/C18H17NO2S/c1-14-8-11-17(12-9-14)22(20,21)19-15(2)10-13-18(19)16-6-4-3-5-7-16/h3-13H,1-2H3. The minimum atomic E-state index is -3.61. The first kappa shape index (κ1) is 14.6. The van der Waals surface area contributed by atoms with Gasteiger partial charge in [-0.05, 0) is 43.7 Å². The topological polar surface area (TPSA) is 39.1 Å². The number of hydrogen-bond donors (Lipinski definition) is 0. The van der Waals surface area contributed by atoms with Crippen molar-refractivity contribution >= 4 is 10.0 Å². The van der Waals surface area contributed by atoms with Crippen LogP contribution >= 0.6 is 0 Å². The molecule has 1 heterocycles. The van der Waals surface area contributed by atoms with E-state index in [4.69, 9.17) is 0 Å². The van der Waals surface area contributed by atoms with E-state index in [2.05, 4.69) is 0 Å². The molecule has 0 aliphatic rings. The predicted molar refractivity (Wildman–Crippen MR) is 88.4 cm³/mol. The third-order valence-corrected chi connectivity index (χ3v) is 5.48. The van der Waals surface area contributed by atoms with E-state index in [-0.39, 0.29) is 0 Å². The second-order valence-corrected chi connectivity index (χ2v) is 7.10. The van der Waals surface area contributed by atoms with Crippen molar-refractivity contribution in [2.24, 2.45) is 0 Å². The van der Waals surface area contributed by atoms with Crippen LogP contribution in [0.4, 0.5) is 0 Å². The Balaban J connectivity index is 2.20. The maximum Gasteiger partial charge on any atom is 0.268 e. The quantitative estimate of drug-likeness (QED) is 0.733. The molecule has 0 aliphatic heterocycles. The molecule has 0 unspecified atom stereocenters. The van der Waals surface area contributed by atoms with Gasteiger partial charge in [-0.3, -0.25) is 0 Å². The Morgan fingerprint density at radius 2 is 1.41 bits per heavy atom. The van der Waals surface area contributed by atoms with Gasteiger partial charge in [0.05, 0.1) is 10.6 Å².